The molecule has 0 aliphatic heterocycles. The van der Waals surface area contributed by atoms with E-state index in [0.29, 0.717) is 11.6 Å². The third-order valence-electron chi connectivity index (χ3n) is 3.43. The first-order chi connectivity index (χ1) is 12.2. The first kappa shape index (κ1) is 17.0. The summed E-state index contributed by atoms with van der Waals surface area (Å²) in [4.78, 5) is 16.3. The van der Waals surface area contributed by atoms with Crippen LogP contribution in [0.3, 0.4) is 0 Å². The molecule has 0 aliphatic rings. The second-order valence-electron chi connectivity index (χ2n) is 5.29. The summed E-state index contributed by atoms with van der Waals surface area (Å²) in [7, 11) is 1.64. The van der Waals surface area contributed by atoms with Gasteiger partial charge in [-0.15, -0.1) is 5.10 Å². The molecule has 2 aromatic carbocycles. The standard InChI is InChI=1S/C18H18N4O2S/c1-24-15-9-7-13(8-10-15)11-16-20-18(22-21-16)25-12-17(23)19-14-5-3-2-4-6-14/h2-10H,11-12H2,1H3,(H,19,23)(H,20,21,22). The summed E-state index contributed by atoms with van der Waals surface area (Å²) in [5.74, 6) is 1.75. The van der Waals surface area contributed by atoms with Crippen molar-refractivity contribution in [2.24, 2.45) is 0 Å². The van der Waals surface area contributed by atoms with Crippen LogP contribution in [-0.2, 0) is 11.2 Å². The Balaban J connectivity index is 1.50. The SMILES string of the molecule is COc1ccc(Cc2nc(SCC(=O)Nc3ccccc3)n[nH]2)cc1. The Bertz CT molecular complexity index is 819. The molecule has 1 heterocycles. The normalized spacial score (nSPS) is 10.4. The van der Waals surface area contributed by atoms with Gasteiger partial charge in [0.15, 0.2) is 0 Å². The molecular formula is C18H18N4O2S. The highest BCUT2D eigenvalue weighted by molar-refractivity contribution is 7.99. The fourth-order valence-corrected chi connectivity index (χ4v) is 2.82. The number of amides is 1. The molecule has 0 saturated carbocycles. The molecule has 3 rings (SSSR count). The van der Waals surface area contributed by atoms with Crippen molar-refractivity contribution >= 4 is 23.4 Å². The Labute approximate surface area is 150 Å². The Morgan fingerprint density at radius 2 is 1.92 bits per heavy atom. The van der Waals surface area contributed by atoms with Crippen LogP contribution in [-0.4, -0.2) is 34.0 Å². The van der Waals surface area contributed by atoms with Crippen molar-refractivity contribution in [3.63, 3.8) is 0 Å². The number of carbonyl (C=O) groups excluding carboxylic acids is 1. The third kappa shape index (κ3) is 5.09. The summed E-state index contributed by atoms with van der Waals surface area (Å²) < 4.78 is 5.14. The van der Waals surface area contributed by atoms with Crippen molar-refractivity contribution in [1.82, 2.24) is 15.2 Å². The van der Waals surface area contributed by atoms with Gasteiger partial charge in [0.2, 0.25) is 11.1 Å². The number of rotatable bonds is 7. The Kier molecular flexibility index (Phi) is 5.69. The van der Waals surface area contributed by atoms with Gasteiger partial charge in [0.05, 0.1) is 12.9 Å². The average molecular weight is 354 g/mol. The molecule has 6 nitrogen and oxygen atoms in total. The lowest BCUT2D eigenvalue weighted by molar-refractivity contribution is -0.113. The van der Waals surface area contributed by atoms with Crippen molar-refractivity contribution in [3.05, 3.63) is 66.0 Å². The lowest BCUT2D eigenvalue weighted by Gasteiger charge is -2.03. The van der Waals surface area contributed by atoms with E-state index in [4.69, 9.17) is 4.74 Å². The molecule has 3 aromatic rings. The summed E-state index contributed by atoms with van der Waals surface area (Å²) in [6, 6.07) is 17.2. The van der Waals surface area contributed by atoms with Gasteiger partial charge in [-0.3, -0.25) is 9.89 Å². The van der Waals surface area contributed by atoms with Crippen LogP contribution in [0.2, 0.25) is 0 Å². The van der Waals surface area contributed by atoms with Crippen molar-refractivity contribution in [2.75, 3.05) is 18.2 Å². The maximum atomic E-state index is 11.9. The van der Waals surface area contributed by atoms with Crippen molar-refractivity contribution in [1.29, 1.82) is 0 Å². The van der Waals surface area contributed by atoms with Crippen LogP contribution in [0.25, 0.3) is 0 Å². The molecule has 1 aromatic heterocycles. The fraction of sp³-hybridized carbons (Fsp3) is 0.167. The molecule has 25 heavy (non-hydrogen) atoms. The van der Waals surface area contributed by atoms with Gasteiger partial charge in [0, 0.05) is 12.1 Å². The minimum Gasteiger partial charge on any atom is -0.497 e. The predicted octanol–water partition coefficient (Wildman–Crippen LogP) is 3.13. The monoisotopic (exact) mass is 354 g/mol. The molecule has 0 bridgehead atoms. The molecule has 0 fully saturated rings. The zero-order chi connectivity index (χ0) is 17.5. The summed E-state index contributed by atoms with van der Waals surface area (Å²) in [6.45, 7) is 0. The highest BCUT2D eigenvalue weighted by Crippen LogP contribution is 2.16. The van der Waals surface area contributed by atoms with Gasteiger partial charge in [-0.1, -0.05) is 42.1 Å². The molecule has 128 valence electrons. The van der Waals surface area contributed by atoms with Crippen molar-refractivity contribution in [2.45, 2.75) is 11.6 Å². The van der Waals surface area contributed by atoms with E-state index >= 15 is 0 Å². The summed E-state index contributed by atoms with van der Waals surface area (Å²) in [5, 5.41) is 10.5. The molecule has 0 unspecified atom stereocenters. The predicted molar refractivity (Wildman–Crippen MR) is 98.0 cm³/mol. The van der Waals surface area contributed by atoms with E-state index in [2.05, 4.69) is 20.5 Å². The number of benzene rings is 2. The number of aromatic amines is 1. The van der Waals surface area contributed by atoms with E-state index in [-0.39, 0.29) is 11.7 Å². The Morgan fingerprint density at radius 3 is 2.64 bits per heavy atom. The third-order valence-corrected chi connectivity index (χ3v) is 4.28. The number of anilines is 1. The molecule has 0 radical (unpaired) electrons. The number of carbonyl (C=O) groups is 1. The lowest BCUT2D eigenvalue weighted by atomic mass is 10.1. The van der Waals surface area contributed by atoms with Crippen LogP contribution in [0.5, 0.6) is 5.75 Å². The topological polar surface area (TPSA) is 79.9 Å². The molecule has 2 N–H and O–H groups in total. The Hall–Kier alpha value is -2.80. The van der Waals surface area contributed by atoms with Gasteiger partial charge >= 0.3 is 0 Å². The number of hydrogen-bond donors (Lipinski definition) is 2. The largest absolute Gasteiger partial charge is 0.497 e. The van der Waals surface area contributed by atoms with E-state index in [1.165, 1.54) is 11.8 Å². The van der Waals surface area contributed by atoms with E-state index in [1.54, 1.807) is 7.11 Å². The second-order valence-corrected chi connectivity index (χ2v) is 6.23. The van der Waals surface area contributed by atoms with Crippen molar-refractivity contribution in [3.8, 4) is 5.75 Å². The first-order valence-electron chi connectivity index (χ1n) is 7.75. The minimum atomic E-state index is -0.0855. The first-order valence-corrected chi connectivity index (χ1v) is 8.73. The molecule has 0 aliphatic carbocycles. The van der Waals surface area contributed by atoms with Gasteiger partial charge in [0.25, 0.3) is 0 Å². The van der Waals surface area contributed by atoms with Gasteiger partial charge in [0.1, 0.15) is 11.6 Å². The second kappa shape index (κ2) is 8.34. The van der Waals surface area contributed by atoms with Gasteiger partial charge in [-0.05, 0) is 29.8 Å². The van der Waals surface area contributed by atoms with Gasteiger partial charge in [-0.25, -0.2) is 4.98 Å². The molecular weight excluding hydrogens is 336 g/mol. The van der Waals surface area contributed by atoms with E-state index in [0.717, 1.165) is 22.8 Å². The number of methoxy groups -OCH3 is 1. The van der Waals surface area contributed by atoms with Gasteiger partial charge < -0.3 is 10.1 Å². The van der Waals surface area contributed by atoms with Crippen LogP contribution < -0.4 is 10.1 Å². The number of ether oxygens (including phenoxy) is 1. The van der Waals surface area contributed by atoms with Gasteiger partial charge in [-0.2, -0.15) is 0 Å². The summed E-state index contributed by atoms with van der Waals surface area (Å²) in [6.07, 6.45) is 0.647. The lowest BCUT2D eigenvalue weighted by Crippen LogP contribution is -2.13. The van der Waals surface area contributed by atoms with Crippen molar-refractivity contribution < 1.29 is 9.53 Å². The number of nitrogens with zero attached hydrogens (tertiary/aromatic N) is 2. The minimum absolute atomic E-state index is 0.0855. The van der Waals surface area contributed by atoms with Crippen LogP contribution in [0.4, 0.5) is 5.69 Å². The van der Waals surface area contributed by atoms with Crippen LogP contribution in [0.1, 0.15) is 11.4 Å². The molecule has 1 amide bonds. The number of H-pyrrole nitrogens is 1. The van der Waals surface area contributed by atoms with E-state index in [9.17, 15) is 4.79 Å². The number of para-hydroxylation sites is 1. The number of nitrogens with one attached hydrogen (secondary N) is 2. The van der Waals surface area contributed by atoms with Crippen LogP contribution in [0, 0.1) is 0 Å². The highest BCUT2D eigenvalue weighted by Gasteiger charge is 2.08. The summed E-state index contributed by atoms with van der Waals surface area (Å²) >= 11 is 1.30. The summed E-state index contributed by atoms with van der Waals surface area (Å²) in [5.41, 5.74) is 1.89. The maximum absolute atomic E-state index is 11.9. The Morgan fingerprint density at radius 1 is 1.16 bits per heavy atom. The zero-order valence-corrected chi connectivity index (χ0v) is 14.5. The molecule has 0 atom stereocenters. The maximum Gasteiger partial charge on any atom is 0.234 e. The number of thioether (sulfide) groups is 1. The zero-order valence-electron chi connectivity index (χ0n) is 13.7. The van der Waals surface area contributed by atoms with E-state index < -0.39 is 0 Å². The number of hydrogen-bond acceptors (Lipinski definition) is 5. The highest BCUT2D eigenvalue weighted by atomic mass is 32.2. The average Bonchev–Trinajstić information content (AvgIpc) is 3.09. The molecule has 0 saturated heterocycles. The molecule has 7 heteroatoms. The smallest absolute Gasteiger partial charge is 0.234 e. The quantitative estimate of drug-likeness (QED) is 0.637. The number of aromatic nitrogens is 3. The van der Waals surface area contributed by atoms with Crippen LogP contribution >= 0.6 is 11.8 Å². The van der Waals surface area contributed by atoms with E-state index in [1.807, 2.05) is 54.6 Å². The van der Waals surface area contributed by atoms with Crippen LogP contribution in [0.15, 0.2) is 59.8 Å². The fourth-order valence-electron chi connectivity index (χ4n) is 2.21. The molecule has 0 spiro atoms.